The van der Waals surface area contributed by atoms with Crippen LogP contribution in [0.25, 0.3) is 0 Å². The molecule has 1 heterocycles. The van der Waals surface area contributed by atoms with Crippen LogP contribution in [0.15, 0.2) is 54.6 Å². The fourth-order valence-electron chi connectivity index (χ4n) is 3.37. The highest BCUT2D eigenvalue weighted by molar-refractivity contribution is 5.54. The van der Waals surface area contributed by atoms with Gasteiger partial charge in [0, 0.05) is 38.0 Å². The summed E-state index contributed by atoms with van der Waals surface area (Å²) < 4.78 is 5.48. The third-order valence-corrected chi connectivity index (χ3v) is 4.74. The molecule has 134 valence electrons. The van der Waals surface area contributed by atoms with Gasteiger partial charge in [-0.25, -0.2) is 0 Å². The van der Waals surface area contributed by atoms with Crippen molar-refractivity contribution in [2.75, 3.05) is 37.8 Å². The molecule has 2 aromatic rings. The van der Waals surface area contributed by atoms with Crippen molar-refractivity contribution in [3.8, 4) is 0 Å². The van der Waals surface area contributed by atoms with E-state index in [9.17, 15) is 5.11 Å². The highest BCUT2D eigenvalue weighted by Gasteiger charge is 2.16. The van der Waals surface area contributed by atoms with E-state index in [1.807, 2.05) is 6.07 Å². The second-order valence-electron chi connectivity index (χ2n) is 6.44. The molecule has 1 saturated heterocycles. The number of morpholine rings is 1. The highest BCUT2D eigenvalue weighted by atomic mass is 16.5. The summed E-state index contributed by atoms with van der Waals surface area (Å²) in [4.78, 5) is 2.41. The molecule has 0 radical (unpaired) electrons. The molecule has 2 N–H and O–H groups in total. The summed E-state index contributed by atoms with van der Waals surface area (Å²) >= 11 is 0. The van der Waals surface area contributed by atoms with E-state index in [1.54, 1.807) is 0 Å². The Bertz CT molecular complexity index is 627. The maximum atomic E-state index is 9.22. The number of aliphatic hydroxyl groups is 1. The zero-order chi connectivity index (χ0) is 17.3. The van der Waals surface area contributed by atoms with Gasteiger partial charge in [0.05, 0.1) is 13.2 Å². The molecule has 4 nitrogen and oxygen atoms in total. The highest BCUT2D eigenvalue weighted by Crippen LogP contribution is 2.24. The zero-order valence-electron chi connectivity index (χ0n) is 14.7. The molecule has 4 heteroatoms. The summed E-state index contributed by atoms with van der Waals surface area (Å²) in [6, 6.07) is 19.4. The van der Waals surface area contributed by atoms with Gasteiger partial charge in [-0.1, -0.05) is 48.5 Å². The Hall–Kier alpha value is -1.88. The van der Waals surface area contributed by atoms with Gasteiger partial charge in [0.15, 0.2) is 0 Å². The third kappa shape index (κ3) is 5.05. The number of hydrogen-bond donors (Lipinski definition) is 2. The molecule has 1 aliphatic heterocycles. The van der Waals surface area contributed by atoms with Gasteiger partial charge in [-0.15, -0.1) is 0 Å². The number of ether oxygens (including phenoxy) is 1. The molecule has 1 aliphatic rings. The normalized spacial score (nSPS) is 16.0. The van der Waals surface area contributed by atoms with E-state index in [1.165, 1.54) is 16.8 Å². The number of para-hydroxylation sites is 1. The van der Waals surface area contributed by atoms with Crippen LogP contribution in [0.1, 0.15) is 30.0 Å². The first-order valence-corrected chi connectivity index (χ1v) is 9.18. The van der Waals surface area contributed by atoms with Gasteiger partial charge in [-0.05, 0) is 30.0 Å². The number of benzene rings is 2. The molecule has 0 aliphatic carbocycles. The van der Waals surface area contributed by atoms with Crippen molar-refractivity contribution in [1.82, 2.24) is 5.32 Å². The lowest BCUT2D eigenvalue weighted by Gasteiger charge is -2.31. The summed E-state index contributed by atoms with van der Waals surface area (Å²) in [5.41, 5.74) is 3.89. The second-order valence-corrected chi connectivity index (χ2v) is 6.44. The molecule has 1 atom stereocenters. The minimum absolute atomic E-state index is 0.232. The summed E-state index contributed by atoms with van der Waals surface area (Å²) in [5, 5.41) is 12.9. The van der Waals surface area contributed by atoms with Gasteiger partial charge < -0.3 is 20.1 Å². The maximum absolute atomic E-state index is 9.22. The molecule has 1 unspecified atom stereocenters. The second kappa shape index (κ2) is 9.56. The Labute approximate surface area is 150 Å². The van der Waals surface area contributed by atoms with Crippen LogP contribution in [0, 0.1) is 0 Å². The van der Waals surface area contributed by atoms with Crippen molar-refractivity contribution in [1.29, 1.82) is 0 Å². The van der Waals surface area contributed by atoms with Crippen molar-refractivity contribution < 1.29 is 9.84 Å². The molecular formula is C21H28N2O2. The van der Waals surface area contributed by atoms with Crippen molar-refractivity contribution in [3.63, 3.8) is 0 Å². The molecule has 0 spiro atoms. The van der Waals surface area contributed by atoms with E-state index in [4.69, 9.17) is 4.74 Å². The molecule has 25 heavy (non-hydrogen) atoms. The van der Waals surface area contributed by atoms with Gasteiger partial charge in [0.2, 0.25) is 0 Å². The van der Waals surface area contributed by atoms with E-state index < -0.39 is 0 Å². The van der Waals surface area contributed by atoms with Gasteiger partial charge in [0.25, 0.3) is 0 Å². The molecule has 3 rings (SSSR count). The third-order valence-electron chi connectivity index (χ3n) is 4.74. The zero-order valence-corrected chi connectivity index (χ0v) is 14.7. The Morgan fingerprint density at radius 2 is 1.72 bits per heavy atom. The molecule has 0 aromatic heterocycles. The Morgan fingerprint density at radius 1 is 1.00 bits per heavy atom. The fraction of sp³-hybridized carbons (Fsp3) is 0.429. The van der Waals surface area contributed by atoms with Crippen LogP contribution in [0.4, 0.5) is 5.69 Å². The van der Waals surface area contributed by atoms with Crippen LogP contribution in [0.5, 0.6) is 0 Å². The van der Waals surface area contributed by atoms with Gasteiger partial charge >= 0.3 is 0 Å². The largest absolute Gasteiger partial charge is 0.396 e. The number of anilines is 1. The maximum Gasteiger partial charge on any atom is 0.0642 e. The predicted octanol–water partition coefficient (Wildman–Crippen LogP) is 3.13. The molecule has 0 amide bonds. The monoisotopic (exact) mass is 340 g/mol. The number of hydrogen-bond acceptors (Lipinski definition) is 4. The quantitative estimate of drug-likeness (QED) is 0.775. The summed E-state index contributed by atoms with van der Waals surface area (Å²) in [5.74, 6) is 0. The number of rotatable bonds is 8. The summed E-state index contributed by atoms with van der Waals surface area (Å²) in [6.45, 7) is 4.54. The lowest BCUT2D eigenvalue weighted by atomic mass is 10.0. The van der Waals surface area contributed by atoms with E-state index >= 15 is 0 Å². The van der Waals surface area contributed by atoms with Crippen LogP contribution < -0.4 is 10.2 Å². The van der Waals surface area contributed by atoms with E-state index in [2.05, 4.69) is 58.7 Å². The van der Waals surface area contributed by atoms with Crippen LogP contribution >= 0.6 is 0 Å². The smallest absolute Gasteiger partial charge is 0.0642 e. The van der Waals surface area contributed by atoms with Crippen molar-refractivity contribution in [2.45, 2.75) is 25.4 Å². The van der Waals surface area contributed by atoms with E-state index in [0.717, 1.165) is 45.7 Å². The van der Waals surface area contributed by atoms with E-state index in [-0.39, 0.29) is 12.6 Å². The predicted molar refractivity (Wildman–Crippen MR) is 102 cm³/mol. The van der Waals surface area contributed by atoms with Crippen LogP contribution in [-0.2, 0) is 11.3 Å². The topological polar surface area (TPSA) is 44.7 Å². The minimum Gasteiger partial charge on any atom is -0.396 e. The first kappa shape index (κ1) is 17.9. The Morgan fingerprint density at radius 3 is 2.48 bits per heavy atom. The molecule has 0 saturated carbocycles. The SMILES string of the molecule is OCCCC(NCc1ccccc1N1CCOCC1)c1ccccc1. The summed E-state index contributed by atoms with van der Waals surface area (Å²) in [6.07, 6.45) is 1.73. The van der Waals surface area contributed by atoms with Crippen LogP contribution in [-0.4, -0.2) is 38.0 Å². The molecule has 0 bridgehead atoms. The lowest BCUT2D eigenvalue weighted by molar-refractivity contribution is 0.122. The Balaban J connectivity index is 1.70. The van der Waals surface area contributed by atoms with E-state index in [0.29, 0.717) is 0 Å². The van der Waals surface area contributed by atoms with Gasteiger partial charge in [-0.2, -0.15) is 0 Å². The summed E-state index contributed by atoms with van der Waals surface area (Å²) in [7, 11) is 0. The van der Waals surface area contributed by atoms with Crippen molar-refractivity contribution >= 4 is 5.69 Å². The standard InChI is InChI=1S/C21H28N2O2/c24-14-6-10-20(18-7-2-1-3-8-18)22-17-19-9-4-5-11-21(19)23-12-15-25-16-13-23/h1-5,7-9,11,20,22,24H,6,10,12-17H2. The number of nitrogens with one attached hydrogen (secondary N) is 1. The van der Waals surface area contributed by atoms with Gasteiger partial charge in [0.1, 0.15) is 0 Å². The fourth-order valence-corrected chi connectivity index (χ4v) is 3.37. The average Bonchev–Trinajstić information content (AvgIpc) is 2.70. The van der Waals surface area contributed by atoms with Crippen LogP contribution in [0.2, 0.25) is 0 Å². The van der Waals surface area contributed by atoms with Crippen molar-refractivity contribution in [3.05, 3.63) is 65.7 Å². The lowest BCUT2D eigenvalue weighted by Crippen LogP contribution is -2.37. The van der Waals surface area contributed by atoms with Crippen LogP contribution in [0.3, 0.4) is 0 Å². The number of nitrogens with zero attached hydrogens (tertiary/aromatic N) is 1. The first-order valence-electron chi connectivity index (χ1n) is 9.18. The average molecular weight is 340 g/mol. The van der Waals surface area contributed by atoms with Gasteiger partial charge in [-0.3, -0.25) is 0 Å². The first-order chi connectivity index (χ1) is 12.4. The molecular weight excluding hydrogens is 312 g/mol. The van der Waals surface area contributed by atoms with Crippen molar-refractivity contribution in [2.24, 2.45) is 0 Å². The minimum atomic E-state index is 0.232. The molecule has 1 fully saturated rings. The Kier molecular flexibility index (Phi) is 6.86. The number of aliphatic hydroxyl groups excluding tert-OH is 1. The molecule has 2 aromatic carbocycles.